The van der Waals surface area contributed by atoms with Gasteiger partial charge in [-0.3, -0.25) is 0 Å². The van der Waals surface area contributed by atoms with Crippen LogP contribution < -0.4 is 4.90 Å². The maximum atomic E-state index is 13.3. The lowest BCUT2D eigenvalue weighted by Gasteiger charge is -2.33. The highest BCUT2D eigenvalue weighted by Crippen LogP contribution is 2.42. The van der Waals surface area contributed by atoms with Crippen molar-refractivity contribution >= 4 is 38.1 Å². The lowest BCUT2D eigenvalue weighted by molar-refractivity contribution is 0.384. The number of aromatic nitrogens is 2. The number of sulfonamides is 1. The molecule has 0 bridgehead atoms. The van der Waals surface area contributed by atoms with Crippen molar-refractivity contribution < 1.29 is 12.8 Å². The van der Waals surface area contributed by atoms with E-state index in [1.54, 1.807) is 11.3 Å². The second-order valence-electron chi connectivity index (χ2n) is 6.16. The maximum absolute atomic E-state index is 13.3. The van der Waals surface area contributed by atoms with Gasteiger partial charge in [0.15, 0.2) is 0 Å². The molecule has 0 unspecified atom stereocenters. The van der Waals surface area contributed by atoms with Crippen molar-refractivity contribution in [3.63, 3.8) is 0 Å². The van der Waals surface area contributed by atoms with E-state index in [4.69, 9.17) is 11.6 Å². The van der Waals surface area contributed by atoms with Crippen molar-refractivity contribution in [2.75, 3.05) is 31.1 Å². The summed E-state index contributed by atoms with van der Waals surface area (Å²) >= 11 is 7.31. The summed E-state index contributed by atoms with van der Waals surface area (Å²) in [6.07, 6.45) is 2.36. The van der Waals surface area contributed by atoms with Crippen molar-refractivity contribution in [1.29, 1.82) is 0 Å². The molecule has 0 N–H and O–H groups in total. The first-order chi connectivity index (χ1) is 11.9. The quantitative estimate of drug-likeness (QED) is 0.786. The Bertz CT molecular complexity index is 893. The summed E-state index contributed by atoms with van der Waals surface area (Å²) in [7, 11) is -3.68. The minimum Gasteiger partial charge on any atom is -0.344 e. The van der Waals surface area contributed by atoms with Crippen molar-refractivity contribution in [1.82, 2.24) is 14.5 Å². The minimum atomic E-state index is -3.68. The van der Waals surface area contributed by atoms with E-state index in [0.29, 0.717) is 32.1 Å². The lowest BCUT2D eigenvalue weighted by atomic mass is 10.3. The fourth-order valence-corrected chi connectivity index (χ4v) is 5.51. The molecule has 10 heteroatoms. The summed E-state index contributed by atoms with van der Waals surface area (Å²) in [6, 6.07) is 3.48. The molecule has 1 aliphatic carbocycles. The van der Waals surface area contributed by atoms with Crippen LogP contribution in [0.1, 0.15) is 23.8 Å². The molecule has 2 heterocycles. The molecule has 1 aromatic carbocycles. The van der Waals surface area contributed by atoms with Crippen LogP contribution in [-0.4, -0.2) is 49.1 Å². The van der Waals surface area contributed by atoms with E-state index in [9.17, 15) is 12.8 Å². The highest BCUT2D eigenvalue weighted by Gasteiger charge is 2.32. The van der Waals surface area contributed by atoms with E-state index >= 15 is 0 Å². The van der Waals surface area contributed by atoms with E-state index in [1.807, 2.05) is 0 Å². The fourth-order valence-electron chi connectivity index (χ4n) is 2.76. The Kier molecular flexibility index (Phi) is 4.43. The molecule has 1 saturated heterocycles. The number of anilines is 1. The average Bonchev–Trinajstić information content (AvgIpc) is 3.34. The van der Waals surface area contributed by atoms with Crippen LogP contribution in [0.5, 0.6) is 0 Å². The molecular formula is C15H16ClFN4O2S2. The van der Waals surface area contributed by atoms with Crippen LogP contribution in [-0.2, 0) is 10.0 Å². The van der Waals surface area contributed by atoms with Crippen LogP contribution in [0.3, 0.4) is 0 Å². The molecule has 6 nitrogen and oxygen atoms in total. The maximum Gasteiger partial charge on any atom is 0.243 e. The predicted octanol–water partition coefficient (Wildman–Crippen LogP) is 2.72. The number of nitrogens with zero attached hydrogens (tertiary/aromatic N) is 4. The first-order valence-electron chi connectivity index (χ1n) is 7.99. The number of hydrogen-bond donors (Lipinski definition) is 0. The second-order valence-corrected chi connectivity index (χ2v) is 9.50. The summed E-state index contributed by atoms with van der Waals surface area (Å²) in [5.41, 5.74) is 0. The third-order valence-electron chi connectivity index (χ3n) is 4.39. The monoisotopic (exact) mass is 402 g/mol. The number of benzene rings is 1. The first-order valence-corrected chi connectivity index (χ1v) is 10.6. The Hall–Kier alpha value is -1.29. The SMILES string of the molecule is O=S(=O)(c1ccc(F)c(Cl)c1)N1CCN(c2nnc(C3CC3)s2)CC1. The summed E-state index contributed by atoms with van der Waals surface area (Å²) in [4.78, 5) is 2.08. The van der Waals surface area contributed by atoms with Gasteiger partial charge in [0.05, 0.1) is 9.92 Å². The van der Waals surface area contributed by atoms with Gasteiger partial charge in [-0.2, -0.15) is 4.31 Å². The molecule has 1 saturated carbocycles. The normalized spacial score (nSPS) is 19.4. The van der Waals surface area contributed by atoms with Crippen LogP contribution in [0.4, 0.5) is 9.52 Å². The van der Waals surface area contributed by atoms with Crippen LogP contribution in [0.25, 0.3) is 0 Å². The zero-order chi connectivity index (χ0) is 17.6. The summed E-state index contributed by atoms with van der Waals surface area (Å²) in [5.74, 6) is -0.0654. The van der Waals surface area contributed by atoms with Crippen molar-refractivity contribution in [2.24, 2.45) is 0 Å². The molecule has 2 aliphatic rings. The predicted molar refractivity (Wildman–Crippen MR) is 94.3 cm³/mol. The number of hydrogen-bond acceptors (Lipinski definition) is 6. The molecule has 0 amide bonds. The summed E-state index contributed by atoms with van der Waals surface area (Å²) < 4.78 is 40.1. The zero-order valence-corrected chi connectivity index (χ0v) is 15.6. The molecule has 4 rings (SSSR count). The Morgan fingerprint density at radius 2 is 1.88 bits per heavy atom. The summed E-state index contributed by atoms with van der Waals surface area (Å²) in [6.45, 7) is 1.78. The number of halogens is 2. The molecule has 25 heavy (non-hydrogen) atoms. The lowest BCUT2D eigenvalue weighted by Crippen LogP contribution is -2.48. The molecule has 134 valence electrons. The topological polar surface area (TPSA) is 66.4 Å². The van der Waals surface area contributed by atoms with Crippen LogP contribution >= 0.6 is 22.9 Å². The van der Waals surface area contributed by atoms with Gasteiger partial charge in [0.25, 0.3) is 0 Å². The Morgan fingerprint density at radius 3 is 2.52 bits per heavy atom. The standard InChI is InChI=1S/C15H16ClFN4O2S2/c16-12-9-11(3-4-13(12)17)25(22,23)21-7-5-20(6-8-21)15-19-18-14(24-15)10-1-2-10/h3-4,9-10H,1-2,5-8H2. The van der Waals surface area contributed by atoms with Gasteiger partial charge >= 0.3 is 0 Å². The van der Waals surface area contributed by atoms with E-state index in [1.165, 1.54) is 23.2 Å². The zero-order valence-electron chi connectivity index (χ0n) is 13.2. The van der Waals surface area contributed by atoms with Crippen LogP contribution in [0, 0.1) is 5.82 Å². The van der Waals surface area contributed by atoms with E-state index in [-0.39, 0.29) is 9.92 Å². The van der Waals surface area contributed by atoms with Gasteiger partial charge in [-0.1, -0.05) is 22.9 Å². The third kappa shape index (κ3) is 3.38. The Morgan fingerprint density at radius 1 is 1.16 bits per heavy atom. The molecule has 0 spiro atoms. The molecule has 2 aromatic rings. The second kappa shape index (κ2) is 6.46. The van der Waals surface area contributed by atoms with Gasteiger partial charge in [0.1, 0.15) is 10.8 Å². The van der Waals surface area contributed by atoms with Crippen molar-refractivity contribution in [3.8, 4) is 0 Å². The van der Waals surface area contributed by atoms with E-state index in [0.717, 1.165) is 22.3 Å². The Labute approximate surface area is 154 Å². The largest absolute Gasteiger partial charge is 0.344 e. The van der Waals surface area contributed by atoms with Gasteiger partial charge in [-0.25, -0.2) is 12.8 Å². The van der Waals surface area contributed by atoms with Gasteiger partial charge in [0, 0.05) is 32.1 Å². The minimum absolute atomic E-state index is 0.0132. The van der Waals surface area contributed by atoms with E-state index < -0.39 is 15.8 Å². The summed E-state index contributed by atoms with van der Waals surface area (Å²) in [5, 5.41) is 10.2. The number of rotatable bonds is 4. The Balaban J connectivity index is 1.45. The van der Waals surface area contributed by atoms with Crippen molar-refractivity contribution in [2.45, 2.75) is 23.7 Å². The average molecular weight is 403 g/mol. The molecule has 1 aromatic heterocycles. The first kappa shape index (κ1) is 17.1. The highest BCUT2D eigenvalue weighted by molar-refractivity contribution is 7.89. The van der Waals surface area contributed by atoms with Gasteiger partial charge in [-0.05, 0) is 31.0 Å². The van der Waals surface area contributed by atoms with Gasteiger partial charge in [0.2, 0.25) is 15.2 Å². The molecular weight excluding hydrogens is 387 g/mol. The van der Waals surface area contributed by atoms with Crippen molar-refractivity contribution in [3.05, 3.63) is 34.0 Å². The fraction of sp³-hybridized carbons (Fsp3) is 0.467. The van der Waals surface area contributed by atoms with Gasteiger partial charge < -0.3 is 4.90 Å². The molecule has 0 radical (unpaired) electrons. The van der Waals surface area contributed by atoms with Crippen LogP contribution in [0.2, 0.25) is 5.02 Å². The third-order valence-corrected chi connectivity index (χ3v) is 7.73. The van der Waals surface area contributed by atoms with Crippen LogP contribution in [0.15, 0.2) is 23.1 Å². The highest BCUT2D eigenvalue weighted by atomic mass is 35.5. The van der Waals surface area contributed by atoms with Gasteiger partial charge in [-0.15, -0.1) is 10.2 Å². The molecule has 2 fully saturated rings. The van der Waals surface area contributed by atoms with E-state index in [2.05, 4.69) is 15.1 Å². The number of piperazine rings is 1. The smallest absolute Gasteiger partial charge is 0.243 e. The molecule has 0 atom stereocenters. The molecule has 1 aliphatic heterocycles.